The van der Waals surface area contributed by atoms with E-state index >= 15 is 0 Å². The van der Waals surface area contributed by atoms with E-state index in [1.165, 1.54) is 5.69 Å². The van der Waals surface area contributed by atoms with Crippen molar-refractivity contribution in [3.8, 4) is 0 Å². The SMILES string of the molecule is CN=C(NCc1nc(C(C)(C)C)cs1)NC1CCN(c2ccccc2)C1. The van der Waals surface area contributed by atoms with E-state index in [4.69, 9.17) is 4.98 Å². The molecule has 0 amide bonds. The molecule has 1 aliphatic heterocycles. The first-order chi connectivity index (χ1) is 12.5. The van der Waals surface area contributed by atoms with Crippen LogP contribution in [0.3, 0.4) is 0 Å². The standard InChI is InChI=1S/C20H29N5S/c1-20(2,3)17-14-26-18(24-17)12-22-19(21-4)23-15-10-11-25(13-15)16-8-6-5-7-9-16/h5-9,14-15H,10-13H2,1-4H3,(H2,21,22,23). The average Bonchev–Trinajstić information content (AvgIpc) is 3.28. The molecule has 2 heterocycles. The van der Waals surface area contributed by atoms with E-state index in [2.05, 4.69) is 77.0 Å². The van der Waals surface area contributed by atoms with E-state index in [0.717, 1.165) is 36.2 Å². The van der Waals surface area contributed by atoms with Crippen molar-refractivity contribution in [2.45, 2.75) is 45.2 Å². The quantitative estimate of drug-likeness (QED) is 0.639. The molecule has 1 unspecified atom stereocenters. The number of hydrogen-bond donors (Lipinski definition) is 2. The number of para-hydroxylation sites is 1. The van der Waals surface area contributed by atoms with Crippen LogP contribution < -0.4 is 15.5 Å². The zero-order valence-electron chi connectivity index (χ0n) is 16.1. The summed E-state index contributed by atoms with van der Waals surface area (Å²) in [7, 11) is 1.82. The second-order valence-corrected chi connectivity index (χ2v) is 8.66. The van der Waals surface area contributed by atoms with Crippen molar-refractivity contribution in [2.24, 2.45) is 4.99 Å². The van der Waals surface area contributed by atoms with Gasteiger partial charge in [-0.15, -0.1) is 11.3 Å². The Kier molecular flexibility index (Phi) is 5.81. The van der Waals surface area contributed by atoms with Gasteiger partial charge in [0.05, 0.1) is 12.2 Å². The Hall–Kier alpha value is -2.08. The molecule has 1 aliphatic rings. The summed E-state index contributed by atoms with van der Waals surface area (Å²) in [5.74, 6) is 0.845. The molecule has 0 bridgehead atoms. The molecule has 2 N–H and O–H groups in total. The Labute approximate surface area is 160 Å². The third kappa shape index (κ3) is 4.75. The van der Waals surface area contributed by atoms with E-state index in [1.54, 1.807) is 11.3 Å². The summed E-state index contributed by atoms with van der Waals surface area (Å²) in [5.41, 5.74) is 2.54. The van der Waals surface area contributed by atoms with Gasteiger partial charge >= 0.3 is 0 Å². The zero-order chi connectivity index (χ0) is 18.6. The topological polar surface area (TPSA) is 52.6 Å². The number of nitrogens with one attached hydrogen (secondary N) is 2. The largest absolute Gasteiger partial charge is 0.369 e. The molecule has 1 aromatic heterocycles. The highest BCUT2D eigenvalue weighted by Crippen LogP contribution is 2.24. The van der Waals surface area contributed by atoms with E-state index in [0.29, 0.717) is 12.6 Å². The fourth-order valence-corrected chi connectivity index (χ4v) is 4.00. The first-order valence-corrected chi connectivity index (χ1v) is 10.1. The summed E-state index contributed by atoms with van der Waals surface area (Å²) in [5, 5.41) is 10.2. The Bertz CT molecular complexity index is 732. The summed E-state index contributed by atoms with van der Waals surface area (Å²) >= 11 is 1.70. The van der Waals surface area contributed by atoms with Gasteiger partial charge in [-0.05, 0) is 18.6 Å². The lowest BCUT2D eigenvalue weighted by Crippen LogP contribution is -2.44. The number of hydrogen-bond acceptors (Lipinski definition) is 4. The van der Waals surface area contributed by atoms with Crippen molar-refractivity contribution in [1.29, 1.82) is 0 Å². The summed E-state index contributed by atoms with van der Waals surface area (Å²) in [6.45, 7) is 9.35. The maximum Gasteiger partial charge on any atom is 0.191 e. The molecule has 1 saturated heterocycles. The van der Waals surface area contributed by atoms with Gasteiger partial charge < -0.3 is 15.5 Å². The third-order valence-electron chi connectivity index (χ3n) is 4.60. The van der Waals surface area contributed by atoms with Crippen molar-refractivity contribution in [2.75, 3.05) is 25.0 Å². The molecule has 1 atom stereocenters. The van der Waals surface area contributed by atoms with Gasteiger partial charge in [0.2, 0.25) is 0 Å². The fourth-order valence-electron chi connectivity index (χ4n) is 3.04. The van der Waals surface area contributed by atoms with E-state index in [9.17, 15) is 0 Å². The molecule has 26 heavy (non-hydrogen) atoms. The second-order valence-electron chi connectivity index (χ2n) is 7.71. The van der Waals surface area contributed by atoms with Crippen molar-refractivity contribution < 1.29 is 0 Å². The maximum atomic E-state index is 4.74. The number of anilines is 1. The van der Waals surface area contributed by atoms with Crippen molar-refractivity contribution in [3.05, 3.63) is 46.4 Å². The van der Waals surface area contributed by atoms with Gasteiger partial charge in [0, 0.05) is 42.7 Å². The minimum absolute atomic E-state index is 0.0966. The highest BCUT2D eigenvalue weighted by molar-refractivity contribution is 7.09. The van der Waals surface area contributed by atoms with Crippen LogP contribution in [-0.4, -0.2) is 37.1 Å². The molecular weight excluding hydrogens is 342 g/mol. The summed E-state index contributed by atoms with van der Waals surface area (Å²) in [4.78, 5) is 11.5. The molecule has 1 fully saturated rings. The first kappa shape index (κ1) is 18.7. The fraction of sp³-hybridized carbons (Fsp3) is 0.500. The lowest BCUT2D eigenvalue weighted by atomic mass is 9.93. The van der Waals surface area contributed by atoms with Gasteiger partial charge in [0.15, 0.2) is 5.96 Å². The zero-order valence-corrected chi connectivity index (χ0v) is 16.9. The Morgan fingerprint density at radius 2 is 2.08 bits per heavy atom. The van der Waals surface area contributed by atoms with Crippen LogP contribution in [0.15, 0.2) is 40.7 Å². The Balaban J connectivity index is 1.50. The molecule has 2 aromatic rings. The van der Waals surface area contributed by atoms with Crippen molar-refractivity contribution in [3.63, 3.8) is 0 Å². The molecule has 140 valence electrons. The van der Waals surface area contributed by atoms with Crippen LogP contribution >= 0.6 is 11.3 Å². The highest BCUT2D eigenvalue weighted by atomic mass is 32.1. The number of nitrogens with zero attached hydrogens (tertiary/aromatic N) is 3. The van der Waals surface area contributed by atoms with Crippen molar-refractivity contribution >= 4 is 23.0 Å². The summed E-state index contributed by atoms with van der Waals surface area (Å²) < 4.78 is 0. The number of thiazole rings is 1. The smallest absolute Gasteiger partial charge is 0.191 e. The number of rotatable bonds is 4. The molecule has 0 spiro atoms. The second kappa shape index (κ2) is 8.08. The maximum absolute atomic E-state index is 4.74. The lowest BCUT2D eigenvalue weighted by Gasteiger charge is -2.20. The molecule has 3 rings (SSSR count). The first-order valence-electron chi connectivity index (χ1n) is 9.18. The minimum atomic E-state index is 0.0966. The number of aromatic nitrogens is 1. The number of benzene rings is 1. The number of aliphatic imine (C=N–C) groups is 1. The van der Waals surface area contributed by atoms with Gasteiger partial charge in [-0.3, -0.25) is 4.99 Å². The van der Waals surface area contributed by atoms with Gasteiger partial charge in [0.25, 0.3) is 0 Å². The molecular formula is C20H29N5S. The predicted molar refractivity (Wildman–Crippen MR) is 111 cm³/mol. The average molecular weight is 372 g/mol. The molecule has 1 aromatic carbocycles. The minimum Gasteiger partial charge on any atom is -0.369 e. The van der Waals surface area contributed by atoms with Gasteiger partial charge in [0.1, 0.15) is 5.01 Å². The van der Waals surface area contributed by atoms with E-state index in [1.807, 2.05) is 7.05 Å². The van der Waals surface area contributed by atoms with Gasteiger partial charge in [-0.2, -0.15) is 0 Å². The molecule has 6 heteroatoms. The normalized spacial score (nSPS) is 18.2. The molecule has 0 aliphatic carbocycles. The Morgan fingerprint density at radius 3 is 2.73 bits per heavy atom. The van der Waals surface area contributed by atoms with Gasteiger partial charge in [-0.25, -0.2) is 4.98 Å². The van der Waals surface area contributed by atoms with Gasteiger partial charge in [-0.1, -0.05) is 39.0 Å². The lowest BCUT2D eigenvalue weighted by molar-refractivity contribution is 0.570. The third-order valence-corrected chi connectivity index (χ3v) is 5.45. The van der Waals surface area contributed by atoms with E-state index < -0.39 is 0 Å². The monoisotopic (exact) mass is 371 g/mol. The van der Waals surface area contributed by atoms with Crippen LogP contribution in [0.4, 0.5) is 5.69 Å². The molecule has 5 nitrogen and oxygen atoms in total. The van der Waals surface area contributed by atoms with Crippen molar-refractivity contribution in [1.82, 2.24) is 15.6 Å². The van der Waals surface area contributed by atoms with Crippen LogP contribution in [0.5, 0.6) is 0 Å². The highest BCUT2D eigenvalue weighted by Gasteiger charge is 2.23. The molecule has 0 saturated carbocycles. The predicted octanol–water partition coefficient (Wildman–Crippen LogP) is 3.38. The molecule has 0 radical (unpaired) electrons. The van der Waals surface area contributed by atoms with Crippen LogP contribution in [0, 0.1) is 0 Å². The Morgan fingerprint density at radius 1 is 1.31 bits per heavy atom. The summed E-state index contributed by atoms with van der Waals surface area (Å²) in [6, 6.07) is 11.0. The van der Waals surface area contributed by atoms with E-state index in [-0.39, 0.29) is 5.41 Å². The van der Waals surface area contributed by atoms with Crippen LogP contribution in [0.25, 0.3) is 0 Å². The number of guanidine groups is 1. The summed E-state index contributed by atoms with van der Waals surface area (Å²) in [6.07, 6.45) is 1.11. The van der Waals surface area contributed by atoms with Crippen LogP contribution in [0.1, 0.15) is 37.9 Å². The van der Waals surface area contributed by atoms with Crippen LogP contribution in [-0.2, 0) is 12.0 Å². The van der Waals surface area contributed by atoms with Crippen LogP contribution in [0.2, 0.25) is 0 Å².